The molecule has 0 saturated heterocycles. The zero-order valence-corrected chi connectivity index (χ0v) is 11.1. The molecule has 1 aliphatic rings. The van der Waals surface area contributed by atoms with Crippen molar-refractivity contribution in [3.05, 3.63) is 35.4 Å². The lowest BCUT2D eigenvalue weighted by molar-refractivity contribution is 0.594. The Labute approximate surface area is 103 Å². The van der Waals surface area contributed by atoms with Crippen molar-refractivity contribution in [3.8, 4) is 0 Å². The van der Waals surface area contributed by atoms with Crippen LogP contribution in [-0.2, 0) is 16.3 Å². The first-order valence-corrected chi connectivity index (χ1v) is 7.78. The topological polar surface area (TPSA) is 60.2 Å². The van der Waals surface area contributed by atoms with Gasteiger partial charge in [0.1, 0.15) is 0 Å². The molecular formula is C13H19NO2S. The van der Waals surface area contributed by atoms with Gasteiger partial charge in [0.2, 0.25) is 0 Å². The lowest BCUT2D eigenvalue weighted by atomic mass is 10.1. The molecule has 0 bridgehead atoms. The molecule has 0 unspecified atom stereocenters. The number of hydrogen-bond donors (Lipinski definition) is 1. The summed E-state index contributed by atoms with van der Waals surface area (Å²) in [6.07, 6.45) is 0.994. The maximum absolute atomic E-state index is 11.8. The smallest absolute Gasteiger partial charge is 0.155 e. The minimum absolute atomic E-state index is 0.00847. The molecule has 0 aliphatic heterocycles. The fraction of sp³-hybridized carbons (Fsp3) is 0.538. The molecule has 3 nitrogen and oxygen atoms in total. The molecule has 0 radical (unpaired) electrons. The molecule has 2 N–H and O–H groups in total. The van der Waals surface area contributed by atoms with Crippen molar-refractivity contribution in [1.82, 2.24) is 0 Å². The van der Waals surface area contributed by atoms with Crippen LogP contribution in [0.25, 0.3) is 0 Å². The second kappa shape index (κ2) is 4.42. The van der Waals surface area contributed by atoms with E-state index in [0.29, 0.717) is 0 Å². The van der Waals surface area contributed by atoms with Crippen molar-refractivity contribution in [1.29, 1.82) is 0 Å². The van der Waals surface area contributed by atoms with Gasteiger partial charge in [0.25, 0.3) is 0 Å². The van der Waals surface area contributed by atoms with Gasteiger partial charge in [0.05, 0.1) is 5.25 Å². The lowest BCUT2D eigenvalue weighted by Gasteiger charge is -2.02. The van der Waals surface area contributed by atoms with E-state index in [2.05, 4.69) is 19.1 Å². The van der Waals surface area contributed by atoms with Gasteiger partial charge in [0, 0.05) is 17.7 Å². The van der Waals surface area contributed by atoms with Crippen LogP contribution in [0.4, 0.5) is 0 Å². The summed E-state index contributed by atoms with van der Waals surface area (Å²) in [5.74, 6) is 0.167. The van der Waals surface area contributed by atoms with Crippen LogP contribution in [0.2, 0.25) is 0 Å². The van der Waals surface area contributed by atoms with E-state index in [1.165, 1.54) is 5.56 Å². The van der Waals surface area contributed by atoms with Crippen molar-refractivity contribution in [2.45, 2.75) is 37.5 Å². The van der Waals surface area contributed by atoms with Crippen LogP contribution in [0.3, 0.4) is 0 Å². The van der Waals surface area contributed by atoms with E-state index in [1.807, 2.05) is 12.1 Å². The van der Waals surface area contributed by atoms with E-state index >= 15 is 0 Å². The normalized spacial score (nSPS) is 28.1. The summed E-state index contributed by atoms with van der Waals surface area (Å²) >= 11 is 0. The van der Waals surface area contributed by atoms with Crippen LogP contribution >= 0.6 is 0 Å². The molecule has 1 fully saturated rings. The maximum atomic E-state index is 11.8. The van der Waals surface area contributed by atoms with Crippen LogP contribution < -0.4 is 5.73 Å². The SMILES string of the molecule is CCc1ccc([C@@H]2[C@H](N)[C@@H]2S(=O)(=O)CC)cc1. The van der Waals surface area contributed by atoms with Gasteiger partial charge in [-0.3, -0.25) is 0 Å². The second-order valence-corrected chi connectivity index (χ2v) is 7.06. The zero-order chi connectivity index (χ0) is 12.6. The van der Waals surface area contributed by atoms with Crippen LogP contribution in [-0.4, -0.2) is 25.5 Å². The standard InChI is InChI=1S/C13H19NO2S/c1-3-9-5-7-10(8-6-9)11-12(14)13(11)17(15,16)4-2/h5-8,11-13H,3-4,14H2,1-2H3/t11-,12+,13-/m1/s1. The Bertz CT molecular complexity index is 493. The molecule has 2 rings (SSSR count). The highest BCUT2D eigenvalue weighted by atomic mass is 32.2. The third-order valence-corrected chi connectivity index (χ3v) is 5.84. The van der Waals surface area contributed by atoms with Crippen molar-refractivity contribution >= 4 is 9.84 Å². The summed E-state index contributed by atoms with van der Waals surface area (Å²) in [7, 11) is -3.01. The Morgan fingerprint density at radius 1 is 1.18 bits per heavy atom. The summed E-state index contributed by atoms with van der Waals surface area (Å²) in [5.41, 5.74) is 8.21. The van der Waals surface area contributed by atoms with Gasteiger partial charge in [0.15, 0.2) is 9.84 Å². The van der Waals surface area contributed by atoms with Gasteiger partial charge in [-0.15, -0.1) is 0 Å². The molecule has 4 heteroatoms. The molecule has 0 heterocycles. The predicted molar refractivity (Wildman–Crippen MR) is 69.8 cm³/mol. The minimum atomic E-state index is -3.01. The van der Waals surface area contributed by atoms with E-state index in [9.17, 15) is 8.42 Å². The van der Waals surface area contributed by atoms with E-state index in [1.54, 1.807) is 6.92 Å². The summed E-state index contributed by atoms with van der Waals surface area (Å²) < 4.78 is 23.6. The van der Waals surface area contributed by atoms with Crippen molar-refractivity contribution in [2.24, 2.45) is 5.73 Å². The number of hydrogen-bond acceptors (Lipinski definition) is 3. The van der Waals surface area contributed by atoms with E-state index in [4.69, 9.17) is 5.73 Å². The van der Waals surface area contributed by atoms with Crippen LogP contribution in [0.15, 0.2) is 24.3 Å². The molecule has 1 saturated carbocycles. The highest BCUT2D eigenvalue weighted by molar-refractivity contribution is 7.92. The monoisotopic (exact) mass is 253 g/mol. The molecule has 0 amide bonds. The third-order valence-electron chi connectivity index (χ3n) is 3.60. The number of nitrogens with two attached hydrogens (primary N) is 1. The Morgan fingerprint density at radius 2 is 1.76 bits per heavy atom. The minimum Gasteiger partial charge on any atom is -0.326 e. The van der Waals surface area contributed by atoms with Gasteiger partial charge < -0.3 is 5.73 Å². The fourth-order valence-electron chi connectivity index (χ4n) is 2.35. The quantitative estimate of drug-likeness (QED) is 0.884. The molecule has 1 aromatic carbocycles. The summed E-state index contributed by atoms with van der Waals surface area (Å²) in [6.45, 7) is 3.78. The highest BCUT2D eigenvalue weighted by Gasteiger charge is 2.55. The first-order valence-electron chi connectivity index (χ1n) is 6.07. The first kappa shape index (κ1) is 12.6. The van der Waals surface area contributed by atoms with Crippen LogP contribution in [0.1, 0.15) is 30.9 Å². The molecule has 0 aromatic heterocycles. The fourth-order valence-corrected chi connectivity index (χ4v) is 4.08. The molecule has 94 valence electrons. The van der Waals surface area contributed by atoms with Crippen LogP contribution in [0, 0.1) is 0 Å². The van der Waals surface area contributed by atoms with Gasteiger partial charge in [-0.25, -0.2) is 8.42 Å². The average molecular weight is 253 g/mol. The van der Waals surface area contributed by atoms with Crippen molar-refractivity contribution in [3.63, 3.8) is 0 Å². The summed E-state index contributed by atoms with van der Waals surface area (Å²) in [5, 5.41) is -0.375. The first-order chi connectivity index (χ1) is 8.01. The lowest BCUT2D eigenvalue weighted by Crippen LogP contribution is -2.17. The largest absolute Gasteiger partial charge is 0.326 e. The summed E-state index contributed by atoms with van der Waals surface area (Å²) in [4.78, 5) is 0. The van der Waals surface area contributed by atoms with Gasteiger partial charge >= 0.3 is 0 Å². The number of aryl methyl sites for hydroxylation is 1. The highest BCUT2D eigenvalue weighted by Crippen LogP contribution is 2.45. The van der Waals surface area contributed by atoms with Crippen molar-refractivity contribution in [2.75, 3.05) is 5.75 Å². The zero-order valence-electron chi connectivity index (χ0n) is 10.3. The Morgan fingerprint density at radius 3 is 2.24 bits per heavy atom. The summed E-state index contributed by atoms with van der Waals surface area (Å²) in [6, 6.07) is 7.89. The Kier molecular flexibility index (Phi) is 3.27. The van der Waals surface area contributed by atoms with E-state index in [0.717, 1.165) is 12.0 Å². The van der Waals surface area contributed by atoms with Gasteiger partial charge in [-0.1, -0.05) is 38.1 Å². The van der Waals surface area contributed by atoms with Gasteiger partial charge in [-0.05, 0) is 17.5 Å². The third kappa shape index (κ3) is 2.24. The molecule has 3 atom stereocenters. The van der Waals surface area contributed by atoms with E-state index < -0.39 is 9.84 Å². The second-order valence-electron chi connectivity index (χ2n) is 4.61. The average Bonchev–Trinajstić information content (AvgIpc) is 3.02. The molecular weight excluding hydrogens is 234 g/mol. The number of rotatable bonds is 4. The Hall–Kier alpha value is -0.870. The predicted octanol–water partition coefficient (Wildman–Crippen LogP) is 1.48. The number of sulfone groups is 1. The molecule has 0 spiro atoms. The Balaban J connectivity index is 2.20. The van der Waals surface area contributed by atoms with Crippen molar-refractivity contribution < 1.29 is 8.42 Å². The van der Waals surface area contributed by atoms with Gasteiger partial charge in [-0.2, -0.15) is 0 Å². The number of benzene rings is 1. The maximum Gasteiger partial charge on any atom is 0.155 e. The molecule has 17 heavy (non-hydrogen) atoms. The molecule has 1 aliphatic carbocycles. The molecule has 1 aromatic rings. The van der Waals surface area contributed by atoms with Crippen LogP contribution in [0.5, 0.6) is 0 Å². The van der Waals surface area contributed by atoms with E-state index in [-0.39, 0.29) is 23.0 Å².